The lowest BCUT2D eigenvalue weighted by Gasteiger charge is -2.21. The van der Waals surface area contributed by atoms with Gasteiger partial charge in [-0.15, -0.1) is 0 Å². The molecular formula is C55H38N2. The number of hydrogen-bond donors (Lipinski definition) is 0. The van der Waals surface area contributed by atoms with Gasteiger partial charge in [-0.1, -0.05) is 190 Å². The minimum Gasteiger partial charge on any atom is -0.228 e. The average molecular weight is 727 g/mol. The highest BCUT2D eigenvalue weighted by molar-refractivity contribution is 6.20. The highest BCUT2D eigenvalue weighted by atomic mass is 14.9. The predicted molar refractivity (Wildman–Crippen MR) is 239 cm³/mol. The van der Waals surface area contributed by atoms with Crippen molar-refractivity contribution in [3.8, 4) is 67.3 Å². The second kappa shape index (κ2) is 13.0. The van der Waals surface area contributed by atoms with E-state index >= 15 is 0 Å². The van der Waals surface area contributed by atoms with E-state index in [1.54, 1.807) is 0 Å². The van der Waals surface area contributed by atoms with E-state index in [0.717, 1.165) is 39.5 Å². The molecule has 1 aliphatic carbocycles. The van der Waals surface area contributed by atoms with E-state index in [-0.39, 0.29) is 5.41 Å². The van der Waals surface area contributed by atoms with E-state index in [1.165, 1.54) is 71.3 Å². The molecule has 0 N–H and O–H groups in total. The Kier molecular flexibility index (Phi) is 7.55. The van der Waals surface area contributed by atoms with Crippen LogP contribution in [0.5, 0.6) is 0 Å². The molecule has 11 rings (SSSR count). The molecule has 0 saturated carbocycles. The van der Waals surface area contributed by atoms with E-state index in [0.29, 0.717) is 0 Å². The summed E-state index contributed by atoms with van der Waals surface area (Å²) in [7, 11) is 0. The summed E-state index contributed by atoms with van der Waals surface area (Å²) in [6.07, 6.45) is 0. The van der Waals surface area contributed by atoms with Crippen molar-refractivity contribution >= 4 is 32.3 Å². The van der Waals surface area contributed by atoms with Crippen LogP contribution < -0.4 is 0 Å². The summed E-state index contributed by atoms with van der Waals surface area (Å²) in [5.41, 5.74) is 15.1. The van der Waals surface area contributed by atoms with Gasteiger partial charge in [-0.3, -0.25) is 0 Å². The quantitative estimate of drug-likeness (QED) is 0.130. The van der Waals surface area contributed by atoms with Gasteiger partial charge in [-0.05, 0) is 95.0 Å². The molecule has 2 nitrogen and oxygen atoms in total. The van der Waals surface area contributed by atoms with Gasteiger partial charge < -0.3 is 0 Å². The van der Waals surface area contributed by atoms with Crippen LogP contribution in [-0.2, 0) is 5.41 Å². The number of hydrogen-bond acceptors (Lipinski definition) is 2. The molecule has 57 heavy (non-hydrogen) atoms. The Hall–Kier alpha value is -7.16. The molecule has 9 aromatic carbocycles. The topological polar surface area (TPSA) is 25.8 Å². The third kappa shape index (κ3) is 5.48. The highest BCUT2D eigenvalue weighted by Crippen LogP contribution is 2.49. The standard InChI is InChI=1S/C55H38N2/c1-55(2)49-19-11-10-18-45(49)48-33-42(29-31-50(48)55)52-34-51(56-54(57-52)40-13-4-3-5-14-40)38-24-20-35(21-25-38)36-22-26-39(27-23-36)53-44-17-9-7-15-41(44)32-47-43-16-8-6-12-37(43)28-30-46(47)53/h3-34H,1-2H3. The van der Waals surface area contributed by atoms with Crippen LogP contribution in [0.25, 0.3) is 99.6 Å². The SMILES string of the molecule is CC1(C)c2ccccc2-c2cc(-c3cc(-c4ccc(-c5ccc(-c6c7ccccc7cc7c6ccc6ccccc67)cc5)cc4)nc(-c4ccccc4)n3)ccc21. The van der Waals surface area contributed by atoms with E-state index < -0.39 is 0 Å². The monoisotopic (exact) mass is 726 g/mol. The van der Waals surface area contributed by atoms with Gasteiger partial charge in [-0.2, -0.15) is 0 Å². The van der Waals surface area contributed by atoms with Crippen LogP contribution in [0.2, 0.25) is 0 Å². The lowest BCUT2D eigenvalue weighted by molar-refractivity contribution is 0.660. The number of benzene rings is 9. The normalized spacial score (nSPS) is 12.9. The second-order valence-corrected chi connectivity index (χ2v) is 15.8. The fraction of sp³-hybridized carbons (Fsp3) is 0.0545. The maximum absolute atomic E-state index is 5.16. The molecule has 0 aliphatic heterocycles. The summed E-state index contributed by atoms with van der Waals surface area (Å²) in [6.45, 7) is 4.64. The number of rotatable bonds is 5. The number of fused-ring (bicyclic) bond motifs is 7. The summed E-state index contributed by atoms with van der Waals surface area (Å²) < 4.78 is 0. The maximum Gasteiger partial charge on any atom is 0.160 e. The molecule has 10 aromatic rings. The van der Waals surface area contributed by atoms with Crippen LogP contribution in [0, 0.1) is 0 Å². The summed E-state index contributed by atoms with van der Waals surface area (Å²) in [6, 6.07) is 70.2. The predicted octanol–water partition coefficient (Wildman–Crippen LogP) is 14.6. The molecule has 0 radical (unpaired) electrons. The first-order valence-electron chi connectivity index (χ1n) is 19.7. The molecular weight excluding hydrogens is 689 g/mol. The van der Waals surface area contributed by atoms with Crippen LogP contribution in [-0.4, -0.2) is 9.97 Å². The lowest BCUT2D eigenvalue weighted by atomic mass is 9.82. The Morgan fingerprint density at radius 2 is 0.912 bits per heavy atom. The molecule has 0 amide bonds. The van der Waals surface area contributed by atoms with Crippen molar-refractivity contribution in [3.05, 3.63) is 205 Å². The Labute approximate surface area is 332 Å². The van der Waals surface area contributed by atoms with Gasteiger partial charge in [0.1, 0.15) is 0 Å². The first-order valence-corrected chi connectivity index (χ1v) is 19.7. The zero-order valence-electron chi connectivity index (χ0n) is 31.9. The Morgan fingerprint density at radius 3 is 1.68 bits per heavy atom. The molecule has 0 fully saturated rings. The highest BCUT2D eigenvalue weighted by Gasteiger charge is 2.35. The van der Waals surface area contributed by atoms with Crippen molar-refractivity contribution in [1.82, 2.24) is 9.97 Å². The van der Waals surface area contributed by atoms with Gasteiger partial charge in [-0.25, -0.2) is 9.97 Å². The fourth-order valence-corrected chi connectivity index (χ4v) is 9.13. The van der Waals surface area contributed by atoms with Gasteiger partial charge in [0.05, 0.1) is 11.4 Å². The van der Waals surface area contributed by atoms with Crippen molar-refractivity contribution in [1.29, 1.82) is 0 Å². The molecule has 268 valence electrons. The van der Waals surface area contributed by atoms with Crippen molar-refractivity contribution in [2.24, 2.45) is 0 Å². The summed E-state index contributed by atoms with van der Waals surface area (Å²) >= 11 is 0. The zero-order valence-corrected chi connectivity index (χ0v) is 31.9. The molecule has 0 bridgehead atoms. The van der Waals surface area contributed by atoms with Crippen LogP contribution in [0.15, 0.2) is 194 Å². The summed E-state index contributed by atoms with van der Waals surface area (Å²) in [5.74, 6) is 0.720. The number of nitrogens with zero attached hydrogens (tertiary/aromatic N) is 2. The van der Waals surface area contributed by atoms with E-state index in [4.69, 9.17) is 9.97 Å². The Morgan fingerprint density at radius 1 is 0.333 bits per heavy atom. The van der Waals surface area contributed by atoms with Gasteiger partial charge in [0, 0.05) is 22.1 Å². The lowest BCUT2D eigenvalue weighted by Crippen LogP contribution is -2.14. The molecule has 0 spiro atoms. The molecule has 1 aromatic heterocycles. The van der Waals surface area contributed by atoms with Gasteiger partial charge in [0.15, 0.2) is 5.82 Å². The Balaban J connectivity index is 0.965. The van der Waals surface area contributed by atoms with Gasteiger partial charge >= 0.3 is 0 Å². The second-order valence-electron chi connectivity index (χ2n) is 15.8. The smallest absolute Gasteiger partial charge is 0.160 e. The van der Waals surface area contributed by atoms with Crippen LogP contribution in [0.1, 0.15) is 25.0 Å². The third-order valence-electron chi connectivity index (χ3n) is 12.1. The first kappa shape index (κ1) is 33.2. The molecule has 0 saturated heterocycles. The summed E-state index contributed by atoms with van der Waals surface area (Å²) in [4.78, 5) is 10.3. The zero-order chi connectivity index (χ0) is 38.1. The molecule has 2 heteroatoms. The fourth-order valence-electron chi connectivity index (χ4n) is 9.13. The largest absolute Gasteiger partial charge is 0.228 e. The molecule has 0 atom stereocenters. The van der Waals surface area contributed by atoms with E-state index in [2.05, 4.69) is 190 Å². The van der Waals surface area contributed by atoms with E-state index in [9.17, 15) is 0 Å². The van der Waals surface area contributed by atoms with Crippen molar-refractivity contribution in [3.63, 3.8) is 0 Å². The Bertz CT molecular complexity index is 3180. The van der Waals surface area contributed by atoms with Crippen molar-refractivity contribution in [2.75, 3.05) is 0 Å². The van der Waals surface area contributed by atoms with Crippen molar-refractivity contribution in [2.45, 2.75) is 19.3 Å². The number of aromatic nitrogens is 2. The molecule has 1 aliphatic rings. The van der Waals surface area contributed by atoms with Crippen molar-refractivity contribution < 1.29 is 0 Å². The minimum atomic E-state index is -0.0435. The van der Waals surface area contributed by atoms with Crippen LogP contribution in [0.4, 0.5) is 0 Å². The summed E-state index contributed by atoms with van der Waals surface area (Å²) in [5, 5.41) is 7.63. The van der Waals surface area contributed by atoms with E-state index in [1.807, 2.05) is 18.2 Å². The first-order chi connectivity index (χ1) is 28.0. The molecule has 1 heterocycles. The van der Waals surface area contributed by atoms with Crippen LogP contribution in [0.3, 0.4) is 0 Å². The van der Waals surface area contributed by atoms with Gasteiger partial charge in [0.2, 0.25) is 0 Å². The van der Waals surface area contributed by atoms with Crippen LogP contribution >= 0.6 is 0 Å². The minimum absolute atomic E-state index is 0.0435. The maximum atomic E-state index is 5.16. The third-order valence-corrected chi connectivity index (χ3v) is 12.1. The molecule has 0 unspecified atom stereocenters. The average Bonchev–Trinajstić information content (AvgIpc) is 3.51. The van der Waals surface area contributed by atoms with Gasteiger partial charge in [0.25, 0.3) is 0 Å².